The number of hydrogen-bond acceptors (Lipinski definition) is 2. The van der Waals surface area contributed by atoms with E-state index in [9.17, 15) is 5.26 Å². The van der Waals surface area contributed by atoms with Gasteiger partial charge in [-0.25, -0.2) is 0 Å². The molecule has 0 atom stereocenters. The summed E-state index contributed by atoms with van der Waals surface area (Å²) in [5, 5.41) is 9.48. The second-order valence-corrected chi connectivity index (χ2v) is 5.36. The first-order chi connectivity index (χ1) is 7.70. The molecule has 0 aromatic heterocycles. The zero-order valence-corrected chi connectivity index (χ0v) is 9.49. The Morgan fingerprint density at radius 1 is 1.25 bits per heavy atom. The van der Waals surface area contributed by atoms with Gasteiger partial charge in [0.15, 0.2) is 0 Å². The molecule has 0 N–H and O–H groups in total. The monoisotopic (exact) mass is 213 g/mol. The van der Waals surface area contributed by atoms with Gasteiger partial charge < -0.3 is 4.74 Å². The van der Waals surface area contributed by atoms with Crippen LogP contribution in [0.2, 0.25) is 0 Å². The number of rotatable bonds is 1. The molecule has 1 spiro atoms. The molecule has 0 radical (unpaired) electrons. The van der Waals surface area contributed by atoms with Crippen LogP contribution in [0.5, 0.6) is 0 Å². The van der Waals surface area contributed by atoms with Gasteiger partial charge in [-0.1, -0.05) is 24.3 Å². The van der Waals surface area contributed by atoms with Gasteiger partial charge in [0.1, 0.15) is 0 Å². The first-order valence-corrected chi connectivity index (χ1v) is 5.75. The number of nitrogens with zero attached hydrogens (tertiary/aromatic N) is 1. The maximum absolute atomic E-state index is 9.48. The summed E-state index contributed by atoms with van der Waals surface area (Å²) in [5.41, 5.74) is 2.54. The first kappa shape index (κ1) is 9.86. The van der Waals surface area contributed by atoms with Crippen molar-refractivity contribution in [3.8, 4) is 6.07 Å². The summed E-state index contributed by atoms with van der Waals surface area (Å²) in [6.45, 7) is 3.79. The molecular formula is C14H15NO. The SMILES string of the molecule is Cc1ccccc1C1(C#N)CC2(COC2)C1. The molecule has 1 saturated heterocycles. The quantitative estimate of drug-likeness (QED) is 0.718. The van der Waals surface area contributed by atoms with Gasteiger partial charge in [0, 0.05) is 5.41 Å². The molecule has 2 nitrogen and oxygen atoms in total. The fourth-order valence-electron chi connectivity index (χ4n) is 3.26. The van der Waals surface area contributed by atoms with E-state index in [1.807, 2.05) is 12.1 Å². The number of ether oxygens (including phenoxy) is 1. The zero-order valence-electron chi connectivity index (χ0n) is 9.49. The Morgan fingerprint density at radius 2 is 1.94 bits per heavy atom. The summed E-state index contributed by atoms with van der Waals surface area (Å²) in [7, 11) is 0. The molecule has 1 aromatic rings. The van der Waals surface area contributed by atoms with Crippen LogP contribution < -0.4 is 0 Å². The molecular weight excluding hydrogens is 198 g/mol. The highest BCUT2D eigenvalue weighted by Crippen LogP contribution is 2.59. The number of nitriles is 1. The van der Waals surface area contributed by atoms with Crippen LogP contribution in [0.1, 0.15) is 24.0 Å². The van der Waals surface area contributed by atoms with E-state index in [0.717, 1.165) is 26.1 Å². The van der Waals surface area contributed by atoms with E-state index >= 15 is 0 Å². The molecule has 0 unspecified atom stereocenters. The Morgan fingerprint density at radius 3 is 2.44 bits per heavy atom. The normalized spacial score (nSPS) is 24.2. The third-order valence-corrected chi connectivity index (χ3v) is 4.04. The standard InChI is InChI=1S/C14H15NO/c1-11-4-2-3-5-12(11)14(8-15)6-13(7-14)9-16-10-13/h2-5H,6-7,9-10H2,1H3. The van der Waals surface area contributed by atoms with E-state index in [2.05, 4.69) is 25.1 Å². The number of aryl methyl sites for hydroxylation is 1. The minimum absolute atomic E-state index is 0.241. The van der Waals surface area contributed by atoms with Crippen molar-refractivity contribution in [2.24, 2.45) is 5.41 Å². The van der Waals surface area contributed by atoms with Crippen molar-refractivity contribution in [2.45, 2.75) is 25.2 Å². The third-order valence-electron chi connectivity index (χ3n) is 4.04. The minimum atomic E-state index is -0.241. The van der Waals surface area contributed by atoms with Crippen LogP contribution in [-0.4, -0.2) is 13.2 Å². The van der Waals surface area contributed by atoms with E-state index in [-0.39, 0.29) is 5.41 Å². The van der Waals surface area contributed by atoms with E-state index in [1.165, 1.54) is 11.1 Å². The molecule has 2 fully saturated rings. The van der Waals surface area contributed by atoms with Crippen molar-refractivity contribution in [3.05, 3.63) is 35.4 Å². The second-order valence-electron chi connectivity index (χ2n) is 5.36. The Labute approximate surface area is 95.8 Å². The maximum Gasteiger partial charge on any atom is 0.0839 e. The van der Waals surface area contributed by atoms with Crippen molar-refractivity contribution < 1.29 is 4.74 Å². The molecule has 2 heteroatoms. The van der Waals surface area contributed by atoms with Gasteiger partial charge in [0.25, 0.3) is 0 Å². The minimum Gasteiger partial charge on any atom is -0.380 e. The number of hydrogen-bond donors (Lipinski definition) is 0. The zero-order chi connectivity index (χ0) is 11.2. The maximum atomic E-state index is 9.48. The van der Waals surface area contributed by atoms with Crippen LogP contribution in [0.4, 0.5) is 0 Å². The van der Waals surface area contributed by atoms with Gasteiger partial charge in [0.2, 0.25) is 0 Å². The molecule has 3 rings (SSSR count). The Bertz CT molecular complexity index is 460. The summed E-state index contributed by atoms with van der Waals surface area (Å²) in [6, 6.07) is 10.8. The van der Waals surface area contributed by atoms with Crippen LogP contribution in [-0.2, 0) is 10.2 Å². The highest BCUT2D eigenvalue weighted by molar-refractivity contribution is 5.43. The molecule has 2 aliphatic rings. The van der Waals surface area contributed by atoms with E-state index in [1.54, 1.807) is 0 Å². The van der Waals surface area contributed by atoms with Gasteiger partial charge in [-0.15, -0.1) is 0 Å². The summed E-state index contributed by atoms with van der Waals surface area (Å²) >= 11 is 0. The fraction of sp³-hybridized carbons (Fsp3) is 0.500. The van der Waals surface area contributed by atoms with Crippen molar-refractivity contribution >= 4 is 0 Å². The Kier molecular flexibility index (Phi) is 1.90. The van der Waals surface area contributed by atoms with Gasteiger partial charge in [-0.2, -0.15) is 5.26 Å². The molecule has 1 aliphatic heterocycles. The van der Waals surface area contributed by atoms with Crippen LogP contribution >= 0.6 is 0 Å². The molecule has 0 amide bonds. The van der Waals surface area contributed by atoms with Crippen LogP contribution in [0.3, 0.4) is 0 Å². The van der Waals surface area contributed by atoms with Crippen LogP contribution in [0.15, 0.2) is 24.3 Å². The van der Waals surface area contributed by atoms with Crippen molar-refractivity contribution in [1.82, 2.24) is 0 Å². The average Bonchev–Trinajstić information content (AvgIpc) is 2.17. The smallest absolute Gasteiger partial charge is 0.0839 e. The largest absolute Gasteiger partial charge is 0.380 e. The lowest BCUT2D eigenvalue weighted by atomic mass is 9.49. The predicted octanol–water partition coefficient (Wildman–Crippen LogP) is 2.57. The van der Waals surface area contributed by atoms with Crippen LogP contribution in [0, 0.1) is 23.7 Å². The summed E-state index contributed by atoms with van der Waals surface area (Å²) in [4.78, 5) is 0. The lowest BCUT2D eigenvalue weighted by Gasteiger charge is -2.57. The molecule has 1 saturated carbocycles. The molecule has 1 aliphatic carbocycles. The number of benzene rings is 1. The van der Waals surface area contributed by atoms with E-state index in [0.29, 0.717) is 5.41 Å². The fourth-order valence-corrected chi connectivity index (χ4v) is 3.26. The molecule has 1 heterocycles. The second kappa shape index (κ2) is 3.09. The van der Waals surface area contributed by atoms with Gasteiger partial charge >= 0.3 is 0 Å². The van der Waals surface area contributed by atoms with Gasteiger partial charge in [0.05, 0.1) is 24.7 Å². The summed E-state index contributed by atoms with van der Waals surface area (Å²) in [5.74, 6) is 0. The lowest BCUT2D eigenvalue weighted by Crippen LogP contribution is -2.59. The van der Waals surface area contributed by atoms with Crippen molar-refractivity contribution in [3.63, 3.8) is 0 Å². The van der Waals surface area contributed by atoms with E-state index in [4.69, 9.17) is 4.74 Å². The molecule has 0 bridgehead atoms. The van der Waals surface area contributed by atoms with Crippen molar-refractivity contribution in [1.29, 1.82) is 5.26 Å². The Balaban J connectivity index is 1.94. The average molecular weight is 213 g/mol. The van der Waals surface area contributed by atoms with Gasteiger partial charge in [-0.3, -0.25) is 0 Å². The van der Waals surface area contributed by atoms with Crippen molar-refractivity contribution in [2.75, 3.05) is 13.2 Å². The first-order valence-electron chi connectivity index (χ1n) is 5.75. The molecule has 16 heavy (non-hydrogen) atoms. The van der Waals surface area contributed by atoms with E-state index < -0.39 is 0 Å². The molecule has 1 aromatic carbocycles. The third kappa shape index (κ3) is 1.15. The van der Waals surface area contributed by atoms with Crippen LogP contribution in [0.25, 0.3) is 0 Å². The predicted molar refractivity (Wildman–Crippen MR) is 61.0 cm³/mol. The summed E-state index contributed by atoms with van der Waals surface area (Å²) in [6.07, 6.45) is 1.95. The molecule has 82 valence electrons. The Hall–Kier alpha value is -1.33. The highest BCUT2D eigenvalue weighted by Gasteiger charge is 2.59. The highest BCUT2D eigenvalue weighted by atomic mass is 16.5. The lowest BCUT2D eigenvalue weighted by molar-refractivity contribution is -0.178. The topological polar surface area (TPSA) is 33.0 Å². The van der Waals surface area contributed by atoms with Gasteiger partial charge in [-0.05, 0) is 30.9 Å². The summed E-state index contributed by atoms with van der Waals surface area (Å²) < 4.78 is 5.27.